The van der Waals surface area contributed by atoms with E-state index in [1.165, 1.54) is 6.20 Å². The molecule has 0 aliphatic rings. The number of H-pyrrole nitrogens is 1. The zero-order valence-electron chi connectivity index (χ0n) is 17.3. The third kappa shape index (κ3) is 4.31. The van der Waals surface area contributed by atoms with Crippen LogP contribution in [-0.4, -0.2) is 38.5 Å². The molecule has 2 N–H and O–H groups in total. The van der Waals surface area contributed by atoms with Crippen molar-refractivity contribution in [3.8, 4) is 11.4 Å². The van der Waals surface area contributed by atoms with E-state index in [0.29, 0.717) is 27.6 Å². The molecule has 1 amide bonds. The molecule has 8 nitrogen and oxygen atoms in total. The number of fused-ring (bicyclic) bond motifs is 1. The topological polar surface area (TPSA) is 102 Å². The van der Waals surface area contributed by atoms with Crippen LogP contribution in [-0.2, 0) is 4.79 Å². The highest BCUT2D eigenvalue weighted by molar-refractivity contribution is 7.99. The van der Waals surface area contributed by atoms with E-state index in [0.717, 1.165) is 28.6 Å². The van der Waals surface area contributed by atoms with Crippen molar-refractivity contribution < 1.29 is 9.53 Å². The summed E-state index contributed by atoms with van der Waals surface area (Å²) in [6.45, 7) is 4.03. The van der Waals surface area contributed by atoms with Gasteiger partial charge in [0.05, 0.1) is 24.7 Å². The lowest BCUT2D eigenvalue weighted by molar-refractivity contribution is -0.113. The first-order valence-corrected chi connectivity index (χ1v) is 10.6. The van der Waals surface area contributed by atoms with Crippen molar-refractivity contribution in [3.05, 3.63) is 70.1 Å². The van der Waals surface area contributed by atoms with E-state index in [-0.39, 0.29) is 17.2 Å². The fraction of sp³-hybridized carbons (Fsp3) is 0.182. The summed E-state index contributed by atoms with van der Waals surface area (Å²) in [6, 6.07) is 13.0. The first-order chi connectivity index (χ1) is 15.0. The van der Waals surface area contributed by atoms with Gasteiger partial charge in [-0.2, -0.15) is 5.10 Å². The van der Waals surface area contributed by atoms with Gasteiger partial charge in [0.15, 0.2) is 10.8 Å². The van der Waals surface area contributed by atoms with Crippen LogP contribution in [0.3, 0.4) is 0 Å². The molecule has 0 spiro atoms. The van der Waals surface area contributed by atoms with E-state index >= 15 is 0 Å². The molecule has 4 aromatic rings. The predicted molar refractivity (Wildman–Crippen MR) is 121 cm³/mol. The number of carbonyl (C=O) groups is 1. The molecule has 0 radical (unpaired) electrons. The Balaban J connectivity index is 1.55. The van der Waals surface area contributed by atoms with Crippen molar-refractivity contribution in [2.24, 2.45) is 0 Å². The molecule has 9 heteroatoms. The number of anilines is 1. The standard InChI is InChI=1S/C22H21N5O3S/c1-13-5-4-6-18(14(13)2)27-20-17(11-23-27)21(29)26-22(25-20)31-12-19(28)24-15-7-9-16(30-3)10-8-15/h4-11H,12H2,1-3H3,(H,24,28)(H,25,26,29). The Morgan fingerprint density at radius 1 is 1.19 bits per heavy atom. The summed E-state index contributed by atoms with van der Waals surface area (Å²) in [4.78, 5) is 32.1. The van der Waals surface area contributed by atoms with Crippen LogP contribution in [0, 0.1) is 13.8 Å². The van der Waals surface area contributed by atoms with E-state index in [9.17, 15) is 9.59 Å². The lowest BCUT2D eigenvalue weighted by Crippen LogP contribution is -2.15. The molecule has 0 saturated carbocycles. The number of thioether (sulfide) groups is 1. The van der Waals surface area contributed by atoms with Gasteiger partial charge in [0.25, 0.3) is 5.56 Å². The third-order valence-corrected chi connectivity index (χ3v) is 5.81. The Labute approximate surface area is 182 Å². The molecular weight excluding hydrogens is 414 g/mol. The highest BCUT2D eigenvalue weighted by Crippen LogP contribution is 2.22. The van der Waals surface area contributed by atoms with Gasteiger partial charge in [-0.25, -0.2) is 9.67 Å². The Kier molecular flexibility index (Phi) is 5.77. The summed E-state index contributed by atoms with van der Waals surface area (Å²) in [5.74, 6) is 0.599. The van der Waals surface area contributed by atoms with Crippen molar-refractivity contribution in [2.45, 2.75) is 19.0 Å². The fourth-order valence-corrected chi connectivity index (χ4v) is 3.77. The quantitative estimate of drug-likeness (QED) is 0.355. The van der Waals surface area contributed by atoms with Gasteiger partial charge in [-0.05, 0) is 55.3 Å². The number of amides is 1. The largest absolute Gasteiger partial charge is 0.497 e. The molecule has 2 aromatic carbocycles. The summed E-state index contributed by atoms with van der Waals surface area (Å²) in [5, 5.41) is 7.93. The Bertz CT molecular complexity index is 1310. The molecule has 2 heterocycles. The van der Waals surface area contributed by atoms with Gasteiger partial charge >= 0.3 is 0 Å². The van der Waals surface area contributed by atoms with E-state index in [2.05, 4.69) is 20.4 Å². The van der Waals surface area contributed by atoms with Crippen molar-refractivity contribution in [1.29, 1.82) is 0 Å². The van der Waals surface area contributed by atoms with Crippen molar-refractivity contribution in [2.75, 3.05) is 18.2 Å². The molecule has 0 saturated heterocycles. The van der Waals surface area contributed by atoms with Crippen molar-refractivity contribution in [3.63, 3.8) is 0 Å². The van der Waals surface area contributed by atoms with Gasteiger partial charge in [-0.1, -0.05) is 23.9 Å². The zero-order chi connectivity index (χ0) is 22.0. The van der Waals surface area contributed by atoms with Crippen molar-refractivity contribution in [1.82, 2.24) is 19.7 Å². The van der Waals surface area contributed by atoms with Crippen molar-refractivity contribution >= 4 is 34.4 Å². The van der Waals surface area contributed by atoms with Crippen LogP contribution < -0.4 is 15.6 Å². The molecule has 0 fully saturated rings. The molecule has 0 atom stereocenters. The average molecular weight is 436 g/mol. The number of aryl methyl sites for hydroxylation is 1. The fourth-order valence-electron chi connectivity index (χ4n) is 3.11. The first-order valence-electron chi connectivity index (χ1n) is 9.57. The van der Waals surface area contributed by atoms with Gasteiger partial charge in [-0.15, -0.1) is 0 Å². The van der Waals surface area contributed by atoms with E-state index in [1.54, 1.807) is 36.1 Å². The molecule has 0 aliphatic carbocycles. The highest BCUT2D eigenvalue weighted by Gasteiger charge is 2.14. The molecule has 31 heavy (non-hydrogen) atoms. The van der Waals surface area contributed by atoms with Crippen LogP contribution in [0.2, 0.25) is 0 Å². The lowest BCUT2D eigenvalue weighted by atomic mass is 10.1. The number of nitrogens with zero attached hydrogens (tertiary/aromatic N) is 3. The van der Waals surface area contributed by atoms with Gasteiger partial charge in [0.2, 0.25) is 5.91 Å². The third-order valence-electron chi connectivity index (χ3n) is 4.93. The second kappa shape index (κ2) is 8.65. The average Bonchev–Trinajstić information content (AvgIpc) is 3.19. The van der Waals surface area contributed by atoms with Gasteiger partial charge < -0.3 is 15.0 Å². The van der Waals surface area contributed by atoms with Gasteiger partial charge in [-0.3, -0.25) is 9.59 Å². The number of ether oxygens (including phenoxy) is 1. The minimum absolute atomic E-state index is 0.0953. The van der Waals surface area contributed by atoms with Crippen LogP contribution in [0.15, 0.2) is 58.6 Å². The number of benzene rings is 2. The maximum atomic E-state index is 12.5. The van der Waals surface area contributed by atoms with Crippen LogP contribution >= 0.6 is 11.8 Å². The minimum atomic E-state index is -0.292. The maximum absolute atomic E-state index is 12.5. The van der Waals surface area contributed by atoms with E-state index in [1.807, 2.05) is 32.0 Å². The second-order valence-electron chi connectivity index (χ2n) is 6.95. The number of hydrogen-bond acceptors (Lipinski definition) is 6. The molecule has 0 unspecified atom stereocenters. The lowest BCUT2D eigenvalue weighted by Gasteiger charge is -2.09. The second-order valence-corrected chi connectivity index (χ2v) is 7.91. The molecule has 4 rings (SSSR count). The van der Waals surface area contributed by atoms with Gasteiger partial charge in [0, 0.05) is 5.69 Å². The van der Waals surface area contributed by atoms with Crippen LogP contribution in [0.4, 0.5) is 5.69 Å². The summed E-state index contributed by atoms with van der Waals surface area (Å²) in [5.41, 5.74) is 3.87. The molecular formula is C22H21N5O3S. The molecule has 158 valence electrons. The first kappa shape index (κ1) is 20.7. The smallest absolute Gasteiger partial charge is 0.262 e. The Morgan fingerprint density at radius 2 is 1.97 bits per heavy atom. The van der Waals surface area contributed by atoms with E-state index < -0.39 is 0 Å². The Hall–Kier alpha value is -3.59. The van der Waals surface area contributed by atoms with Gasteiger partial charge in [0.1, 0.15) is 11.1 Å². The van der Waals surface area contributed by atoms with Crippen LogP contribution in [0.5, 0.6) is 5.75 Å². The molecule has 2 aromatic heterocycles. The number of aromatic amines is 1. The number of carbonyl (C=O) groups excluding carboxylic acids is 1. The van der Waals surface area contributed by atoms with E-state index in [4.69, 9.17) is 4.74 Å². The van der Waals surface area contributed by atoms with Crippen LogP contribution in [0.1, 0.15) is 11.1 Å². The summed E-state index contributed by atoms with van der Waals surface area (Å²) >= 11 is 1.15. The zero-order valence-corrected chi connectivity index (χ0v) is 18.1. The number of methoxy groups -OCH3 is 1. The normalized spacial score (nSPS) is 10.9. The number of aromatic nitrogens is 4. The summed E-state index contributed by atoms with van der Waals surface area (Å²) in [7, 11) is 1.58. The molecule has 0 aliphatic heterocycles. The predicted octanol–water partition coefficient (Wildman–Crippen LogP) is 3.47. The van der Waals surface area contributed by atoms with Crippen LogP contribution in [0.25, 0.3) is 16.7 Å². The summed E-state index contributed by atoms with van der Waals surface area (Å²) < 4.78 is 6.77. The monoisotopic (exact) mass is 435 g/mol. The SMILES string of the molecule is COc1ccc(NC(=O)CSc2nc3c(cnn3-c3cccc(C)c3C)c(=O)[nH]2)cc1. The Morgan fingerprint density at radius 3 is 2.71 bits per heavy atom. The summed E-state index contributed by atoms with van der Waals surface area (Å²) in [6.07, 6.45) is 1.51. The minimum Gasteiger partial charge on any atom is -0.497 e. The number of rotatable bonds is 6. The maximum Gasteiger partial charge on any atom is 0.262 e. The highest BCUT2D eigenvalue weighted by atomic mass is 32.2. The number of hydrogen-bond donors (Lipinski definition) is 2. The molecule has 0 bridgehead atoms. The number of nitrogens with one attached hydrogen (secondary N) is 2.